The molecule has 28 heavy (non-hydrogen) atoms. The molecule has 2 unspecified atom stereocenters. The van der Waals surface area contributed by atoms with Crippen LogP contribution >= 0.6 is 0 Å². The molecular weight excluding hydrogens is 384 g/mol. The van der Waals surface area contributed by atoms with Gasteiger partial charge in [-0.05, 0) is 24.2 Å². The fourth-order valence-electron chi connectivity index (χ4n) is 3.17. The normalized spacial score (nSPS) is 22.2. The first-order valence-electron chi connectivity index (χ1n) is 8.78. The molecule has 156 valence electrons. The van der Waals surface area contributed by atoms with E-state index in [1.54, 1.807) is 12.1 Å². The molecule has 2 heterocycles. The highest BCUT2D eigenvalue weighted by atomic mass is 19.4. The van der Waals surface area contributed by atoms with Crippen molar-refractivity contribution in [2.75, 3.05) is 32.7 Å². The quantitative estimate of drug-likeness (QED) is 0.777. The Hall–Kier alpha value is -2.20. The number of likely N-dealkylation sites (N-methyl/N-ethyl adjacent to an activating group) is 1. The van der Waals surface area contributed by atoms with Gasteiger partial charge in [0.25, 0.3) is 0 Å². The molecule has 6 nitrogen and oxygen atoms in total. The van der Waals surface area contributed by atoms with Crippen LogP contribution in [0.2, 0.25) is 0 Å². The molecule has 2 atom stereocenters. The molecular formula is C18H22F4N2O4. The molecule has 0 radical (unpaired) electrons. The minimum atomic E-state index is -5.08. The second kappa shape index (κ2) is 9.33. The van der Waals surface area contributed by atoms with E-state index in [0.717, 1.165) is 25.2 Å². The molecule has 2 bridgehead atoms. The number of benzene rings is 1. The third-order valence-corrected chi connectivity index (χ3v) is 4.44. The van der Waals surface area contributed by atoms with Crippen LogP contribution in [0.1, 0.15) is 12.5 Å². The van der Waals surface area contributed by atoms with Gasteiger partial charge in [-0.1, -0.05) is 19.1 Å². The van der Waals surface area contributed by atoms with E-state index >= 15 is 0 Å². The predicted molar refractivity (Wildman–Crippen MR) is 91.1 cm³/mol. The van der Waals surface area contributed by atoms with Gasteiger partial charge in [-0.25, -0.2) is 9.18 Å². The predicted octanol–water partition coefficient (Wildman–Crippen LogP) is 1.93. The number of morpholine rings is 2. The summed E-state index contributed by atoms with van der Waals surface area (Å²) in [7, 11) is 0. The number of ether oxygens (including phenoxy) is 1. The van der Waals surface area contributed by atoms with Gasteiger partial charge in [0, 0.05) is 26.2 Å². The maximum absolute atomic E-state index is 13.2. The first-order chi connectivity index (χ1) is 13.1. The highest BCUT2D eigenvalue weighted by Gasteiger charge is 2.38. The van der Waals surface area contributed by atoms with E-state index in [2.05, 4.69) is 11.8 Å². The van der Waals surface area contributed by atoms with Crippen molar-refractivity contribution in [1.29, 1.82) is 0 Å². The van der Waals surface area contributed by atoms with Crippen molar-refractivity contribution in [2.24, 2.45) is 0 Å². The smallest absolute Gasteiger partial charge is 0.475 e. The number of hydrogen-bond donors (Lipinski definition) is 1. The zero-order chi connectivity index (χ0) is 20.9. The Morgan fingerprint density at radius 1 is 1.18 bits per heavy atom. The summed E-state index contributed by atoms with van der Waals surface area (Å²) in [5.41, 5.74) is 0.729. The van der Waals surface area contributed by atoms with E-state index in [0.29, 0.717) is 13.1 Å². The first kappa shape index (κ1) is 22.1. The van der Waals surface area contributed by atoms with Crippen LogP contribution in [0.3, 0.4) is 0 Å². The van der Waals surface area contributed by atoms with Crippen LogP contribution < -0.4 is 0 Å². The molecule has 2 fully saturated rings. The largest absolute Gasteiger partial charge is 0.490 e. The Labute approximate surface area is 159 Å². The number of amides is 1. The van der Waals surface area contributed by atoms with Crippen molar-refractivity contribution in [2.45, 2.75) is 31.7 Å². The zero-order valence-electron chi connectivity index (χ0n) is 15.3. The summed E-state index contributed by atoms with van der Waals surface area (Å²) in [5.74, 6) is -2.99. The standard InChI is InChI=1S/C16H21FN2O2.C2HF3O2/c1-2-18-8-14-10-19(11-15(9-18)21-14)16(20)7-12-4-3-5-13(17)6-12;3-2(4,5)1(6)7/h3-6,14-15H,2,7-11H2,1H3;(H,6,7). The van der Waals surface area contributed by atoms with Gasteiger partial charge in [-0.15, -0.1) is 0 Å². The van der Waals surface area contributed by atoms with Gasteiger partial charge in [-0.2, -0.15) is 13.2 Å². The zero-order valence-corrected chi connectivity index (χ0v) is 15.3. The van der Waals surface area contributed by atoms with Crippen LogP contribution in [0, 0.1) is 5.82 Å². The van der Waals surface area contributed by atoms with Crippen molar-refractivity contribution in [1.82, 2.24) is 9.80 Å². The maximum atomic E-state index is 13.2. The monoisotopic (exact) mass is 406 g/mol. The molecule has 1 amide bonds. The summed E-state index contributed by atoms with van der Waals surface area (Å²) in [6.07, 6.45) is -4.61. The number of fused-ring (bicyclic) bond motifs is 2. The molecule has 0 spiro atoms. The van der Waals surface area contributed by atoms with Crippen molar-refractivity contribution < 1.29 is 37.0 Å². The molecule has 0 aromatic heterocycles. The SMILES string of the molecule is CCN1CC2CN(C(=O)Cc3cccc(F)c3)CC(C1)O2.O=C(O)C(F)(F)F. The molecule has 10 heteroatoms. The van der Waals surface area contributed by atoms with Gasteiger partial charge in [0.1, 0.15) is 5.82 Å². The van der Waals surface area contributed by atoms with E-state index in [-0.39, 0.29) is 30.4 Å². The Bertz CT molecular complexity index is 684. The Morgan fingerprint density at radius 2 is 1.75 bits per heavy atom. The number of carboxylic acids is 1. The lowest BCUT2D eigenvalue weighted by Crippen LogP contribution is -2.60. The van der Waals surface area contributed by atoms with Gasteiger partial charge in [0.2, 0.25) is 5.91 Å². The second-order valence-electron chi connectivity index (χ2n) is 6.64. The number of hydrogen-bond acceptors (Lipinski definition) is 4. The molecule has 2 aliphatic rings. The number of aliphatic carboxylic acids is 1. The minimum Gasteiger partial charge on any atom is -0.475 e. The van der Waals surface area contributed by atoms with Crippen LogP contribution in [0.5, 0.6) is 0 Å². The van der Waals surface area contributed by atoms with Crippen molar-refractivity contribution in [3.63, 3.8) is 0 Å². The Kier molecular flexibility index (Phi) is 7.36. The number of nitrogens with zero attached hydrogens (tertiary/aromatic N) is 2. The summed E-state index contributed by atoms with van der Waals surface area (Å²) < 4.78 is 50.8. The summed E-state index contributed by atoms with van der Waals surface area (Å²) in [6, 6.07) is 6.26. The average Bonchev–Trinajstić information content (AvgIpc) is 2.60. The van der Waals surface area contributed by atoms with E-state index in [9.17, 15) is 22.4 Å². The third kappa shape index (κ3) is 6.45. The van der Waals surface area contributed by atoms with Gasteiger partial charge < -0.3 is 14.7 Å². The van der Waals surface area contributed by atoms with Crippen molar-refractivity contribution >= 4 is 11.9 Å². The molecule has 2 aliphatic heterocycles. The third-order valence-electron chi connectivity index (χ3n) is 4.44. The fraction of sp³-hybridized carbons (Fsp3) is 0.556. The second-order valence-corrected chi connectivity index (χ2v) is 6.64. The summed E-state index contributed by atoms with van der Waals surface area (Å²) >= 11 is 0. The number of rotatable bonds is 3. The summed E-state index contributed by atoms with van der Waals surface area (Å²) in [6.45, 7) is 6.22. The lowest BCUT2D eigenvalue weighted by Gasteiger charge is -2.45. The molecule has 3 rings (SSSR count). The highest BCUT2D eigenvalue weighted by molar-refractivity contribution is 5.79. The first-order valence-corrected chi connectivity index (χ1v) is 8.78. The van der Waals surface area contributed by atoms with Crippen LogP contribution in [-0.2, 0) is 20.7 Å². The van der Waals surface area contributed by atoms with E-state index in [4.69, 9.17) is 14.6 Å². The van der Waals surface area contributed by atoms with Crippen LogP contribution in [0.4, 0.5) is 17.6 Å². The van der Waals surface area contributed by atoms with E-state index < -0.39 is 12.1 Å². The highest BCUT2D eigenvalue weighted by Crippen LogP contribution is 2.20. The van der Waals surface area contributed by atoms with Crippen LogP contribution in [0.25, 0.3) is 0 Å². The molecule has 1 N–H and O–H groups in total. The topological polar surface area (TPSA) is 70.1 Å². The number of halogens is 4. The average molecular weight is 406 g/mol. The van der Waals surface area contributed by atoms with E-state index in [1.165, 1.54) is 12.1 Å². The fourth-order valence-corrected chi connectivity index (χ4v) is 3.17. The van der Waals surface area contributed by atoms with Gasteiger partial charge >= 0.3 is 12.1 Å². The van der Waals surface area contributed by atoms with Crippen LogP contribution in [0.15, 0.2) is 24.3 Å². The van der Waals surface area contributed by atoms with Crippen molar-refractivity contribution in [3.05, 3.63) is 35.6 Å². The molecule has 2 saturated heterocycles. The number of carbonyl (C=O) groups excluding carboxylic acids is 1. The molecule has 0 aliphatic carbocycles. The number of carboxylic acid groups (broad SMARTS) is 1. The number of carbonyl (C=O) groups is 2. The molecule has 1 aromatic carbocycles. The Morgan fingerprint density at radius 3 is 2.21 bits per heavy atom. The number of alkyl halides is 3. The molecule has 1 aromatic rings. The van der Waals surface area contributed by atoms with Gasteiger partial charge in [0.15, 0.2) is 0 Å². The summed E-state index contributed by atoms with van der Waals surface area (Å²) in [4.78, 5) is 25.5. The van der Waals surface area contributed by atoms with Crippen molar-refractivity contribution in [3.8, 4) is 0 Å². The maximum Gasteiger partial charge on any atom is 0.490 e. The lowest BCUT2D eigenvalue weighted by atomic mass is 10.1. The van der Waals surface area contributed by atoms with Gasteiger partial charge in [-0.3, -0.25) is 9.69 Å². The summed E-state index contributed by atoms with van der Waals surface area (Å²) in [5, 5.41) is 7.12. The molecule has 0 saturated carbocycles. The lowest BCUT2D eigenvalue weighted by molar-refractivity contribution is -0.192. The Balaban J connectivity index is 0.000000345. The van der Waals surface area contributed by atoms with Gasteiger partial charge in [0.05, 0.1) is 18.6 Å². The minimum absolute atomic E-state index is 0.0591. The van der Waals surface area contributed by atoms with E-state index in [1.807, 2.05) is 4.90 Å². The van der Waals surface area contributed by atoms with Crippen LogP contribution in [-0.4, -0.2) is 77.9 Å².